The van der Waals surface area contributed by atoms with Crippen LogP contribution in [0, 0.1) is 17.8 Å². The first-order chi connectivity index (χ1) is 7.36. The van der Waals surface area contributed by atoms with Gasteiger partial charge in [-0.2, -0.15) is 0 Å². The van der Waals surface area contributed by atoms with Crippen molar-refractivity contribution >= 4 is 5.95 Å². The summed E-state index contributed by atoms with van der Waals surface area (Å²) in [6.45, 7) is 1.16. The molecule has 15 heavy (non-hydrogen) atoms. The Hall–Kier alpha value is -0.990. The molecule has 2 aliphatic carbocycles. The zero-order chi connectivity index (χ0) is 10.3. The largest absolute Gasteiger partial charge is 0.359 e. The molecule has 2 saturated carbocycles. The Balaban J connectivity index is 1.70. The summed E-state index contributed by atoms with van der Waals surface area (Å²) in [5.41, 5.74) is 0. The third-order valence-corrected chi connectivity index (χ3v) is 4.25. The maximum Gasteiger partial charge on any atom is 0.202 e. The van der Waals surface area contributed by atoms with Gasteiger partial charge in [-0.1, -0.05) is 6.42 Å². The van der Waals surface area contributed by atoms with Gasteiger partial charge in [0.2, 0.25) is 5.95 Å². The molecule has 0 amide bonds. The molecule has 2 fully saturated rings. The van der Waals surface area contributed by atoms with E-state index in [-0.39, 0.29) is 0 Å². The molecule has 0 spiro atoms. The van der Waals surface area contributed by atoms with E-state index < -0.39 is 0 Å². The van der Waals surface area contributed by atoms with Gasteiger partial charge in [0.1, 0.15) is 0 Å². The molecule has 3 rings (SSSR count). The molecule has 0 radical (unpaired) electrons. The summed E-state index contributed by atoms with van der Waals surface area (Å²) in [5, 5.41) is 3.15. The Morgan fingerprint density at radius 2 is 2.40 bits per heavy atom. The Bertz CT molecular complexity index is 344. The summed E-state index contributed by atoms with van der Waals surface area (Å²) in [4.78, 5) is 4.29. The van der Waals surface area contributed by atoms with Gasteiger partial charge in [-0.15, -0.1) is 0 Å². The second-order valence-electron chi connectivity index (χ2n) is 5.09. The molecule has 1 heterocycles. The first-order valence-corrected chi connectivity index (χ1v) is 6.05. The number of fused-ring (bicyclic) bond motifs is 2. The van der Waals surface area contributed by atoms with Crippen molar-refractivity contribution in [3.8, 4) is 0 Å². The van der Waals surface area contributed by atoms with Crippen LogP contribution in [0.1, 0.15) is 25.7 Å². The van der Waals surface area contributed by atoms with E-state index in [0.29, 0.717) is 0 Å². The fourth-order valence-electron chi connectivity index (χ4n) is 3.54. The van der Waals surface area contributed by atoms with Crippen LogP contribution in [0.4, 0.5) is 5.95 Å². The lowest BCUT2D eigenvalue weighted by molar-refractivity contribution is 0.297. The van der Waals surface area contributed by atoms with Crippen molar-refractivity contribution in [3.05, 3.63) is 12.4 Å². The molecule has 2 bridgehead atoms. The number of aromatic nitrogens is 2. The predicted molar refractivity (Wildman–Crippen MR) is 60.7 cm³/mol. The Morgan fingerprint density at radius 3 is 3.07 bits per heavy atom. The minimum Gasteiger partial charge on any atom is -0.359 e. The lowest BCUT2D eigenvalue weighted by Gasteiger charge is -2.22. The topological polar surface area (TPSA) is 29.9 Å². The third kappa shape index (κ3) is 1.54. The SMILES string of the molecule is CNc1nccn1CC1CC2CCC1C2. The van der Waals surface area contributed by atoms with Gasteiger partial charge < -0.3 is 9.88 Å². The summed E-state index contributed by atoms with van der Waals surface area (Å²) in [5.74, 6) is 3.96. The summed E-state index contributed by atoms with van der Waals surface area (Å²) in [6.07, 6.45) is 9.89. The van der Waals surface area contributed by atoms with Crippen LogP contribution < -0.4 is 5.32 Å². The summed E-state index contributed by atoms with van der Waals surface area (Å²) < 4.78 is 2.27. The molecule has 3 nitrogen and oxygen atoms in total. The number of anilines is 1. The van der Waals surface area contributed by atoms with Crippen LogP contribution in [0.2, 0.25) is 0 Å². The number of hydrogen-bond donors (Lipinski definition) is 1. The zero-order valence-corrected chi connectivity index (χ0v) is 9.32. The van der Waals surface area contributed by atoms with Gasteiger partial charge in [-0.05, 0) is 37.0 Å². The maximum absolute atomic E-state index is 4.29. The zero-order valence-electron chi connectivity index (χ0n) is 9.32. The van der Waals surface area contributed by atoms with Crippen molar-refractivity contribution in [2.45, 2.75) is 32.2 Å². The van der Waals surface area contributed by atoms with Gasteiger partial charge in [-0.3, -0.25) is 0 Å². The van der Waals surface area contributed by atoms with Crippen molar-refractivity contribution in [2.75, 3.05) is 12.4 Å². The molecule has 0 aliphatic heterocycles. The second-order valence-corrected chi connectivity index (χ2v) is 5.09. The standard InChI is InChI=1S/C12H19N3/c1-13-12-14-4-5-15(12)8-11-7-9-2-3-10(11)6-9/h4-5,9-11H,2-3,6-8H2,1H3,(H,13,14). The molecule has 0 aromatic carbocycles. The lowest BCUT2D eigenvalue weighted by Crippen LogP contribution is -2.17. The molecule has 1 aromatic heterocycles. The quantitative estimate of drug-likeness (QED) is 0.821. The summed E-state index contributed by atoms with van der Waals surface area (Å²) in [7, 11) is 1.94. The number of imidazole rings is 1. The van der Waals surface area contributed by atoms with Gasteiger partial charge in [0, 0.05) is 26.0 Å². The van der Waals surface area contributed by atoms with Gasteiger partial charge >= 0.3 is 0 Å². The third-order valence-electron chi connectivity index (χ3n) is 4.25. The molecule has 0 saturated heterocycles. The minimum absolute atomic E-state index is 0.907. The second kappa shape index (κ2) is 3.54. The highest BCUT2D eigenvalue weighted by Gasteiger charge is 2.39. The Kier molecular flexibility index (Phi) is 2.19. The van der Waals surface area contributed by atoms with E-state index in [2.05, 4.69) is 21.1 Å². The first-order valence-electron chi connectivity index (χ1n) is 6.05. The average molecular weight is 205 g/mol. The van der Waals surface area contributed by atoms with Crippen LogP contribution in [0.15, 0.2) is 12.4 Å². The fourth-order valence-corrected chi connectivity index (χ4v) is 3.54. The Morgan fingerprint density at radius 1 is 1.47 bits per heavy atom. The smallest absolute Gasteiger partial charge is 0.202 e. The number of nitrogens with one attached hydrogen (secondary N) is 1. The Labute approximate surface area is 90.9 Å². The maximum atomic E-state index is 4.29. The monoisotopic (exact) mass is 205 g/mol. The molecule has 3 atom stereocenters. The van der Waals surface area contributed by atoms with Crippen LogP contribution in [-0.2, 0) is 6.54 Å². The molecule has 1 N–H and O–H groups in total. The van der Waals surface area contributed by atoms with E-state index in [4.69, 9.17) is 0 Å². The number of nitrogens with zero attached hydrogens (tertiary/aromatic N) is 2. The summed E-state index contributed by atoms with van der Waals surface area (Å²) >= 11 is 0. The van der Waals surface area contributed by atoms with Crippen LogP contribution in [0.25, 0.3) is 0 Å². The molecule has 1 aromatic rings. The highest BCUT2D eigenvalue weighted by molar-refractivity contribution is 5.24. The molecule has 2 aliphatic rings. The van der Waals surface area contributed by atoms with Crippen LogP contribution >= 0.6 is 0 Å². The first kappa shape index (κ1) is 9.25. The van der Waals surface area contributed by atoms with E-state index in [9.17, 15) is 0 Å². The van der Waals surface area contributed by atoms with Crippen molar-refractivity contribution < 1.29 is 0 Å². The predicted octanol–water partition coefficient (Wildman–Crippen LogP) is 2.36. The van der Waals surface area contributed by atoms with Crippen LogP contribution in [0.5, 0.6) is 0 Å². The molecule has 3 unspecified atom stereocenters. The lowest BCUT2D eigenvalue weighted by atomic mass is 9.89. The van der Waals surface area contributed by atoms with Crippen LogP contribution in [0.3, 0.4) is 0 Å². The van der Waals surface area contributed by atoms with E-state index in [1.54, 1.807) is 0 Å². The van der Waals surface area contributed by atoms with Crippen molar-refractivity contribution in [1.82, 2.24) is 9.55 Å². The number of rotatable bonds is 3. The van der Waals surface area contributed by atoms with E-state index in [1.807, 2.05) is 13.2 Å². The molecule has 82 valence electrons. The molecular weight excluding hydrogens is 186 g/mol. The molecule has 3 heteroatoms. The fraction of sp³-hybridized carbons (Fsp3) is 0.750. The van der Waals surface area contributed by atoms with Crippen molar-refractivity contribution in [2.24, 2.45) is 17.8 Å². The van der Waals surface area contributed by atoms with Crippen molar-refractivity contribution in [1.29, 1.82) is 0 Å². The van der Waals surface area contributed by atoms with Gasteiger partial charge in [0.15, 0.2) is 0 Å². The normalized spacial score (nSPS) is 33.5. The van der Waals surface area contributed by atoms with Gasteiger partial charge in [0.25, 0.3) is 0 Å². The van der Waals surface area contributed by atoms with Gasteiger partial charge in [0.05, 0.1) is 0 Å². The highest BCUT2D eigenvalue weighted by Crippen LogP contribution is 2.48. The van der Waals surface area contributed by atoms with E-state index >= 15 is 0 Å². The number of hydrogen-bond acceptors (Lipinski definition) is 2. The average Bonchev–Trinajstić information content (AvgIpc) is 2.92. The van der Waals surface area contributed by atoms with E-state index in [1.165, 1.54) is 25.7 Å². The highest BCUT2D eigenvalue weighted by atomic mass is 15.2. The van der Waals surface area contributed by atoms with Crippen molar-refractivity contribution in [3.63, 3.8) is 0 Å². The van der Waals surface area contributed by atoms with Gasteiger partial charge in [-0.25, -0.2) is 4.98 Å². The minimum atomic E-state index is 0.907. The van der Waals surface area contributed by atoms with E-state index in [0.717, 1.165) is 30.2 Å². The summed E-state index contributed by atoms with van der Waals surface area (Å²) in [6, 6.07) is 0. The molecular formula is C12H19N3. The van der Waals surface area contributed by atoms with Crippen LogP contribution in [-0.4, -0.2) is 16.6 Å².